The van der Waals surface area contributed by atoms with Crippen LogP contribution in [0.2, 0.25) is 5.02 Å². The second kappa shape index (κ2) is 10.7. The highest BCUT2D eigenvalue weighted by atomic mass is 35.5. The van der Waals surface area contributed by atoms with Gasteiger partial charge in [0.05, 0.1) is 17.3 Å². The van der Waals surface area contributed by atoms with Gasteiger partial charge in [0.15, 0.2) is 5.17 Å². The number of allylic oxidation sites excluding steroid dienone is 1. The SMILES string of the molecule is CCN(CC)C(=O)C1=C(C)N=C2SCCCN2[C@H]1c1cccc(NC(=O)c2cccc(Cl)c2)c1. The molecule has 2 amide bonds. The maximum atomic E-state index is 13.6. The molecule has 0 aromatic heterocycles. The number of rotatable bonds is 6. The Bertz CT molecular complexity index is 1160. The molecule has 0 bridgehead atoms. The van der Waals surface area contributed by atoms with E-state index in [0.29, 0.717) is 34.9 Å². The summed E-state index contributed by atoms with van der Waals surface area (Å²) in [7, 11) is 0. The molecular formula is C26H29ClN4O2S. The van der Waals surface area contributed by atoms with Crippen LogP contribution in [0.15, 0.2) is 64.8 Å². The predicted molar refractivity (Wildman–Crippen MR) is 140 cm³/mol. The first-order chi connectivity index (χ1) is 16.4. The number of amides is 2. The first-order valence-corrected chi connectivity index (χ1v) is 12.9. The lowest BCUT2D eigenvalue weighted by Gasteiger charge is -2.41. The van der Waals surface area contributed by atoms with Crippen LogP contribution >= 0.6 is 23.4 Å². The lowest BCUT2D eigenvalue weighted by molar-refractivity contribution is -0.127. The molecule has 2 aliphatic rings. The van der Waals surface area contributed by atoms with Crippen LogP contribution in [0.25, 0.3) is 0 Å². The first-order valence-electron chi connectivity index (χ1n) is 11.6. The molecule has 8 heteroatoms. The third-order valence-corrected chi connectivity index (χ3v) is 7.40. The van der Waals surface area contributed by atoms with Crippen molar-refractivity contribution in [1.29, 1.82) is 0 Å². The van der Waals surface area contributed by atoms with Crippen LogP contribution in [0.5, 0.6) is 0 Å². The Kier molecular flexibility index (Phi) is 7.63. The van der Waals surface area contributed by atoms with E-state index in [1.54, 1.807) is 36.0 Å². The molecule has 1 fully saturated rings. The van der Waals surface area contributed by atoms with Crippen molar-refractivity contribution in [2.45, 2.75) is 33.2 Å². The molecule has 1 atom stereocenters. The molecule has 2 aromatic carbocycles. The number of carbonyl (C=O) groups excluding carboxylic acids is 2. The molecule has 0 unspecified atom stereocenters. The van der Waals surface area contributed by atoms with E-state index in [-0.39, 0.29) is 17.9 Å². The zero-order valence-electron chi connectivity index (χ0n) is 19.7. The number of hydrogen-bond donors (Lipinski definition) is 1. The van der Waals surface area contributed by atoms with Crippen LogP contribution in [0.3, 0.4) is 0 Å². The summed E-state index contributed by atoms with van der Waals surface area (Å²) in [6.07, 6.45) is 1.02. The zero-order chi connectivity index (χ0) is 24.2. The number of carbonyl (C=O) groups is 2. The van der Waals surface area contributed by atoms with Crippen molar-refractivity contribution in [3.05, 3.63) is 76.0 Å². The number of nitrogens with zero attached hydrogens (tertiary/aromatic N) is 3. The van der Waals surface area contributed by atoms with Crippen LogP contribution in [-0.2, 0) is 4.79 Å². The third kappa shape index (κ3) is 5.00. The van der Waals surface area contributed by atoms with E-state index >= 15 is 0 Å². The first kappa shape index (κ1) is 24.4. The normalized spacial score (nSPS) is 17.7. The van der Waals surface area contributed by atoms with Gasteiger partial charge in [0.25, 0.3) is 11.8 Å². The molecule has 34 heavy (non-hydrogen) atoms. The average molecular weight is 497 g/mol. The van der Waals surface area contributed by atoms with E-state index < -0.39 is 0 Å². The fraction of sp³-hybridized carbons (Fsp3) is 0.346. The summed E-state index contributed by atoms with van der Waals surface area (Å²) >= 11 is 7.78. The van der Waals surface area contributed by atoms with Crippen molar-refractivity contribution in [2.24, 2.45) is 4.99 Å². The molecule has 4 rings (SSSR count). The number of halogens is 1. The minimum atomic E-state index is -0.253. The van der Waals surface area contributed by atoms with Gasteiger partial charge in [0.1, 0.15) is 0 Å². The highest BCUT2D eigenvalue weighted by Gasteiger charge is 2.38. The van der Waals surface area contributed by atoms with E-state index in [0.717, 1.165) is 35.1 Å². The third-order valence-electron chi connectivity index (χ3n) is 6.09. The van der Waals surface area contributed by atoms with Gasteiger partial charge in [0.2, 0.25) is 0 Å². The summed E-state index contributed by atoms with van der Waals surface area (Å²) in [5.74, 6) is 0.800. The number of benzene rings is 2. The summed E-state index contributed by atoms with van der Waals surface area (Å²) in [6, 6.07) is 14.4. The van der Waals surface area contributed by atoms with Crippen molar-refractivity contribution in [3.8, 4) is 0 Å². The minimum Gasteiger partial charge on any atom is -0.340 e. The second-order valence-corrected chi connectivity index (χ2v) is 9.76. The van der Waals surface area contributed by atoms with Crippen molar-refractivity contribution in [1.82, 2.24) is 9.80 Å². The van der Waals surface area contributed by atoms with Crippen LogP contribution in [-0.4, -0.2) is 52.2 Å². The fourth-order valence-electron chi connectivity index (χ4n) is 4.39. The Labute approximate surface area is 210 Å². The fourth-order valence-corrected chi connectivity index (χ4v) is 5.60. The second-order valence-electron chi connectivity index (χ2n) is 8.26. The Hall–Kier alpha value is -2.77. The van der Waals surface area contributed by atoms with Crippen molar-refractivity contribution in [3.63, 3.8) is 0 Å². The Morgan fingerprint density at radius 1 is 1.18 bits per heavy atom. The molecule has 2 aliphatic heterocycles. The largest absolute Gasteiger partial charge is 0.340 e. The number of fused-ring (bicyclic) bond motifs is 1. The van der Waals surface area contributed by atoms with Gasteiger partial charge in [-0.2, -0.15) is 0 Å². The predicted octanol–water partition coefficient (Wildman–Crippen LogP) is 5.58. The molecule has 6 nitrogen and oxygen atoms in total. The quantitative estimate of drug-likeness (QED) is 0.566. The van der Waals surface area contributed by atoms with Crippen molar-refractivity contribution in [2.75, 3.05) is 30.7 Å². The van der Waals surface area contributed by atoms with Crippen LogP contribution in [0, 0.1) is 0 Å². The molecule has 0 saturated carbocycles. The van der Waals surface area contributed by atoms with E-state index in [4.69, 9.17) is 16.6 Å². The lowest BCUT2D eigenvalue weighted by atomic mass is 9.92. The molecule has 0 radical (unpaired) electrons. The van der Waals surface area contributed by atoms with Crippen LogP contribution in [0.1, 0.15) is 49.2 Å². The molecule has 0 aliphatic carbocycles. The standard InChI is InChI=1S/C26H29ClN4O2S/c1-4-30(5-2)25(33)22-17(3)28-26-31(13-8-14-34-26)23(22)18-9-7-12-21(16-18)29-24(32)19-10-6-11-20(27)15-19/h6-7,9-12,15-16,23H,4-5,8,13-14H2,1-3H3,(H,29,32)/t23-/m0/s1. The molecule has 0 spiro atoms. The summed E-state index contributed by atoms with van der Waals surface area (Å²) in [4.78, 5) is 35.3. The summed E-state index contributed by atoms with van der Waals surface area (Å²) < 4.78 is 0. The number of nitrogens with one attached hydrogen (secondary N) is 1. The van der Waals surface area contributed by atoms with E-state index in [1.165, 1.54) is 0 Å². The Morgan fingerprint density at radius 3 is 2.68 bits per heavy atom. The highest BCUT2D eigenvalue weighted by Crippen LogP contribution is 2.40. The Balaban J connectivity index is 1.71. The molecule has 2 heterocycles. The molecular weight excluding hydrogens is 468 g/mol. The van der Waals surface area contributed by atoms with E-state index in [9.17, 15) is 9.59 Å². The number of amidine groups is 1. The van der Waals surface area contributed by atoms with Crippen LogP contribution < -0.4 is 5.32 Å². The minimum absolute atomic E-state index is 0.0132. The lowest BCUT2D eigenvalue weighted by Crippen LogP contribution is -2.45. The average Bonchev–Trinajstić information content (AvgIpc) is 2.84. The van der Waals surface area contributed by atoms with Crippen molar-refractivity contribution >= 4 is 46.0 Å². The Morgan fingerprint density at radius 2 is 1.94 bits per heavy atom. The number of aliphatic imine (C=N–C) groups is 1. The van der Waals surface area contributed by atoms with Crippen LogP contribution in [0.4, 0.5) is 5.69 Å². The number of hydrogen-bond acceptors (Lipinski definition) is 5. The van der Waals surface area contributed by atoms with Crippen molar-refractivity contribution < 1.29 is 9.59 Å². The molecule has 2 aromatic rings. The maximum Gasteiger partial charge on any atom is 0.255 e. The highest BCUT2D eigenvalue weighted by molar-refractivity contribution is 8.13. The van der Waals surface area contributed by atoms with Gasteiger partial charge in [-0.25, -0.2) is 4.99 Å². The zero-order valence-corrected chi connectivity index (χ0v) is 21.2. The van der Waals surface area contributed by atoms with Gasteiger partial charge in [-0.15, -0.1) is 0 Å². The number of thioether (sulfide) groups is 1. The van der Waals surface area contributed by atoms with Gasteiger partial charge >= 0.3 is 0 Å². The van der Waals surface area contributed by atoms with Gasteiger partial charge in [-0.05, 0) is 63.1 Å². The van der Waals surface area contributed by atoms with E-state index in [2.05, 4.69) is 10.2 Å². The number of anilines is 1. The summed E-state index contributed by atoms with van der Waals surface area (Å²) in [5, 5.41) is 4.44. The van der Waals surface area contributed by atoms with E-state index in [1.807, 2.05) is 49.9 Å². The van der Waals surface area contributed by atoms with Gasteiger partial charge in [0, 0.05) is 41.7 Å². The monoisotopic (exact) mass is 496 g/mol. The van der Waals surface area contributed by atoms with Gasteiger partial charge in [-0.1, -0.05) is 41.6 Å². The number of likely N-dealkylation sites (N-methyl/N-ethyl adjacent to an activating group) is 1. The van der Waals surface area contributed by atoms with Gasteiger partial charge in [-0.3, -0.25) is 9.59 Å². The topological polar surface area (TPSA) is 65.0 Å². The van der Waals surface area contributed by atoms with Gasteiger partial charge < -0.3 is 15.1 Å². The molecule has 178 valence electrons. The molecule has 1 N–H and O–H groups in total. The molecule has 1 saturated heterocycles. The summed E-state index contributed by atoms with van der Waals surface area (Å²) in [5.41, 5.74) is 3.58. The maximum absolute atomic E-state index is 13.6. The summed E-state index contributed by atoms with van der Waals surface area (Å²) in [6.45, 7) is 8.02. The smallest absolute Gasteiger partial charge is 0.255 e.